The summed E-state index contributed by atoms with van der Waals surface area (Å²) in [5.41, 5.74) is 4.47. The average molecular weight is 159 g/mol. The quantitative estimate of drug-likeness (QED) is 0.490. The van der Waals surface area contributed by atoms with Crippen molar-refractivity contribution in [3.05, 3.63) is 0 Å². The second-order valence-electron chi connectivity index (χ2n) is 3.19. The molecule has 1 rings (SSSR count). The number of hydrogen-bond acceptors (Lipinski definition) is 3. The Kier molecular flexibility index (Phi) is 2.15. The molecule has 0 unspecified atom stereocenters. The highest BCUT2D eigenvalue weighted by atomic mass is 16.4. The molecule has 0 aromatic heterocycles. The molecule has 4 nitrogen and oxygen atoms in total. The maximum Gasteiger partial charge on any atom is 0.323 e. The first-order chi connectivity index (χ1) is 5.04. The molecule has 0 spiro atoms. The second kappa shape index (κ2) is 2.79. The molecule has 0 atom stereocenters. The van der Waals surface area contributed by atoms with Gasteiger partial charge in [0.05, 0.1) is 6.10 Å². The largest absolute Gasteiger partial charge is 0.480 e. The number of carboxylic acid groups (broad SMARTS) is 1. The Morgan fingerprint density at radius 1 is 1.45 bits per heavy atom. The van der Waals surface area contributed by atoms with Crippen LogP contribution < -0.4 is 5.73 Å². The van der Waals surface area contributed by atoms with E-state index in [0.29, 0.717) is 25.7 Å². The smallest absolute Gasteiger partial charge is 0.323 e. The number of nitrogens with two attached hydrogens (primary N) is 1. The Morgan fingerprint density at radius 3 is 2.27 bits per heavy atom. The number of hydrogen-bond donors (Lipinski definition) is 3. The molecule has 0 aromatic rings. The van der Waals surface area contributed by atoms with Gasteiger partial charge in [-0.3, -0.25) is 4.79 Å². The van der Waals surface area contributed by atoms with Crippen LogP contribution in [0.4, 0.5) is 0 Å². The third-order valence-electron chi connectivity index (χ3n) is 2.27. The summed E-state index contributed by atoms with van der Waals surface area (Å²) < 4.78 is 0. The van der Waals surface area contributed by atoms with Gasteiger partial charge >= 0.3 is 5.97 Å². The first kappa shape index (κ1) is 8.49. The topological polar surface area (TPSA) is 83.6 Å². The van der Waals surface area contributed by atoms with Gasteiger partial charge in [-0.15, -0.1) is 0 Å². The monoisotopic (exact) mass is 159 g/mol. The molecule has 1 aliphatic carbocycles. The molecule has 0 heterocycles. The summed E-state index contributed by atoms with van der Waals surface area (Å²) in [5, 5.41) is 17.8. The van der Waals surface area contributed by atoms with Crippen LogP contribution in [0, 0.1) is 0 Å². The molecule has 0 bridgehead atoms. The summed E-state index contributed by atoms with van der Waals surface area (Å²) in [6.07, 6.45) is 1.41. The summed E-state index contributed by atoms with van der Waals surface area (Å²) in [5.74, 6) is -0.954. The number of carbonyl (C=O) groups is 1. The maximum absolute atomic E-state index is 10.6. The lowest BCUT2D eigenvalue weighted by molar-refractivity contribution is -0.145. The van der Waals surface area contributed by atoms with Gasteiger partial charge < -0.3 is 15.9 Å². The third-order valence-corrected chi connectivity index (χ3v) is 2.27. The fourth-order valence-electron chi connectivity index (χ4n) is 1.33. The van der Waals surface area contributed by atoms with Crippen molar-refractivity contribution in [1.29, 1.82) is 0 Å². The van der Waals surface area contributed by atoms with Gasteiger partial charge in [0, 0.05) is 0 Å². The van der Waals surface area contributed by atoms with Crippen molar-refractivity contribution in [3.8, 4) is 0 Å². The van der Waals surface area contributed by atoms with Crippen LogP contribution in [0.2, 0.25) is 0 Å². The molecule has 0 saturated heterocycles. The first-order valence-electron chi connectivity index (χ1n) is 3.75. The van der Waals surface area contributed by atoms with Gasteiger partial charge in [0.2, 0.25) is 0 Å². The molecular weight excluding hydrogens is 146 g/mol. The van der Waals surface area contributed by atoms with Crippen LogP contribution in [-0.2, 0) is 4.79 Å². The average Bonchev–Trinajstić information content (AvgIpc) is 1.95. The lowest BCUT2D eigenvalue weighted by Gasteiger charge is -2.31. The molecule has 1 fully saturated rings. The fraction of sp³-hybridized carbons (Fsp3) is 0.857. The van der Waals surface area contributed by atoms with Crippen molar-refractivity contribution < 1.29 is 15.0 Å². The highest BCUT2D eigenvalue weighted by molar-refractivity contribution is 5.78. The van der Waals surface area contributed by atoms with Crippen molar-refractivity contribution >= 4 is 5.97 Å². The lowest BCUT2D eigenvalue weighted by Crippen LogP contribution is -2.51. The fourth-order valence-corrected chi connectivity index (χ4v) is 1.33. The predicted molar refractivity (Wildman–Crippen MR) is 39.0 cm³/mol. The number of aliphatic hydroxyl groups excluding tert-OH is 1. The summed E-state index contributed by atoms with van der Waals surface area (Å²) in [4.78, 5) is 10.6. The molecule has 1 saturated carbocycles. The molecule has 4 heteroatoms. The molecule has 0 amide bonds. The Balaban J connectivity index is 2.55. The van der Waals surface area contributed by atoms with Crippen molar-refractivity contribution in [2.45, 2.75) is 37.3 Å². The highest BCUT2D eigenvalue weighted by Gasteiger charge is 2.37. The molecule has 11 heavy (non-hydrogen) atoms. The zero-order chi connectivity index (χ0) is 8.48. The minimum atomic E-state index is -1.08. The molecule has 1 aliphatic rings. The number of carboxylic acids is 1. The minimum absolute atomic E-state index is 0.356. The van der Waals surface area contributed by atoms with Crippen molar-refractivity contribution in [2.24, 2.45) is 5.73 Å². The van der Waals surface area contributed by atoms with Gasteiger partial charge in [-0.05, 0) is 25.7 Å². The minimum Gasteiger partial charge on any atom is -0.480 e. The summed E-state index contributed by atoms with van der Waals surface area (Å²) in [7, 11) is 0. The Labute approximate surface area is 65.0 Å². The molecule has 0 radical (unpaired) electrons. The van der Waals surface area contributed by atoms with E-state index in [1.54, 1.807) is 0 Å². The first-order valence-corrected chi connectivity index (χ1v) is 3.75. The van der Waals surface area contributed by atoms with Crippen molar-refractivity contribution in [3.63, 3.8) is 0 Å². The molecule has 0 aromatic carbocycles. The Bertz CT molecular complexity index is 161. The van der Waals surface area contributed by atoms with Gasteiger partial charge in [0.25, 0.3) is 0 Å². The van der Waals surface area contributed by atoms with Gasteiger partial charge in [-0.25, -0.2) is 0 Å². The van der Waals surface area contributed by atoms with Crippen LogP contribution in [0.15, 0.2) is 0 Å². The van der Waals surface area contributed by atoms with E-state index in [4.69, 9.17) is 15.9 Å². The summed E-state index contributed by atoms with van der Waals surface area (Å²) in [6, 6.07) is 0. The van der Waals surface area contributed by atoms with Gasteiger partial charge in [0.15, 0.2) is 0 Å². The van der Waals surface area contributed by atoms with Crippen LogP contribution in [-0.4, -0.2) is 27.8 Å². The second-order valence-corrected chi connectivity index (χ2v) is 3.19. The summed E-state index contributed by atoms with van der Waals surface area (Å²) >= 11 is 0. The van der Waals surface area contributed by atoms with Crippen molar-refractivity contribution in [2.75, 3.05) is 0 Å². The third kappa shape index (κ3) is 1.70. The van der Waals surface area contributed by atoms with Gasteiger partial charge in [-0.2, -0.15) is 0 Å². The van der Waals surface area contributed by atoms with E-state index in [-0.39, 0.29) is 6.10 Å². The van der Waals surface area contributed by atoms with E-state index in [1.165, 1.54) is 0 Å². The van der Waals surface area contributed by atoms with E-state index < -0.39 is 11.5 Å². The number of aliphatic carboxylic acids is 1. The van der Waals surface area contributed by atoms with Gasteiger partial charge in [-0.1, -0.05) is 0 Å². The number of rotatable bonds is 1. The van der Waals surface area contributed by atoms with Gasteiger partial charge in [0.1, 0.15) is 5.54 Å². The van der Waals surface area contributed by atoms with Crippen LogP contribution in [0.3, 0.4) is 0 Å². The molecule has 4 N–H and O–H groups in total. The zero-order valence-corrected chi connectivity index (χ0v) is 6.29. The van der Waals surface area contributed by atoms with E-state index in [0.717, 1.165) is 0 Å². The van der Waals surface area contributed by atoms with Crippen LogP contribution in [0.25, 0.3) is 0 Å². The summed E-state index contributed by atoms with van der Waals surface area (Å²) in [6.45, 7) is 0. The normalized spacial score (nSPS) is 38.5. The standard InChI is InChI=1S/C7H13NO3/c8-7(6(10)11)3-1-5(9)2-4-7/h5,9H,1-4,8H2,(H,10,11)/t5-,7-. The lowest BCUT2D eigenvalue weighted by atomic mass is 9.81. The number of aliphatic hydroxyl groups is 1. The highest BCUT2D eigenvalue weighted by Crippen LogP contribution is 2.26. The van der Waals surface area contributed by atoms with Crippen LogP contribution in [0.5, 0.6) is 0 Å². The van der Waals surface area contributed by atoms with E-state index in [9.17, 15) is 4.79 Å². The van der Waals surface area contributed by atoms with E-state index in [2.05, 4.69) is 0 Å². The maximum atomic E-state index is 10.6. The van der Waals surface area contributed by atoms with Crippen LogP contribution >= 0.6 is 0 Å². The zero-order valence-electron chi connectivity index (χ0n) is 6.29. The van der Waals surface area contributed by atoms with Crippen LogP contribution in [0.1, 0.15) is 25.7 Å². The van der Waals surface area contributed by atoms with E-state index >= 15 is 0 Å². The van der Waals surface area contributed by atoms with E-state index in [1.807, 2.05) is 0 Å². The molecule has 0 aliphatic heterocycles. The SMILES string of the molecule is N[C@]1(C(=O)O)CC[C@@H](O)CC1. The predicted octanol–water partition coefficient (Wildman–Crippen LogP) is -0.297. The molecule has 64 valence electrons. The molecular formula is C7H13NO3. The van der Waals surface area contributed by atoms with Crippen molar-refractivity contribution in [1.82, 2.24) is 0 Å². The Hall–Kier alpha value is -0.610. The Morgan fingerprint density at radius 2 is 1.91 bits per heavy atom.